The van der Waals surface area contributed by atoms with Gasteiger partial charge in [0.05, 0.1) is 16.1 Å². The first kappa shape index (κ1) is 15.6. The summed E-state index contributed by atoms with van der Waals surface area (Å²) >= 11 is 17.9. The molecule has 0 bridgehead atoms. The molecular weight excluding hydrogens is 486 g/mol. The number of hydrogen-bond acceptors (Lipinski definition) is 1. The van der Waals surface area contributed by atoms with Crippen molar-refractivity contribution in [3.05, 3.63) is 55.3 Å². The Morgan fingerprint density at radius 1 is 1.19 bits per heavy atom. The zero-order valence-corrected chi connectivity index (χ0v) is 16.0. The van der Waals surface area contributed by atoms with Gasteiger partial charge in [0.1, 0.15) is 5.82 Å². The topological polar surface area (TPSA) is 17.8 Å². The average molecular weight is 496 g/mol. The number of fused-ring (bicyclic) bond motifs is 1. The van der Waals surface area contributed by atoms with E-state index in [1.807, 2.05) is 18.2 Å². The van der Waals surface area contributed by atoms with Crippen LogP contribution in [0.1, 0.15) is 5.82 Å². The van der Waals surface area contributed by atoms with Crippen molar-refractivity contribution >= 4 is 72.8 Å². The first-order valence-corrected chi connectivity index (χ1v) is 9.07. The number of aryl methyl sites for hydroxylation is 1. The lowest BCUT2D eigenvalue weighted by molar-refractivity contribution is 0.912. The molecule has 3 aromatic rings. The Morgan fingerprint density at radius 2 is 2.00 bits per heavy atom. The summed E-state index contributed by atoms with van der Waals surface area (Å²) in [7, 11) is 0. The summed E-state index contributed by atoms with van der Waals surface area (Å²) in [5, 5.41) is 0.677. The van der Waals surface area contributed by atoms with E-state index >= 15 is 0 Å². The second-order valence-corrected chi connectivity index (χ2v) is 7.42. The van der Waals surface area contributed by atoms with Crippen LogP contribution in [0.15, 0.2) is 40.9 Å². The number of benzene rings is 2. The van der Waals surface area contributed by atoms with Crippen LogP contribution in [0.3, 0.4) is 0 Å². The number of halogens is 4. The van der Waals surface area contributed by atoms with E-state index in [0.717, 1.165) is 30.6 Å². The van der Waals surface area contributed by atoms with Gasteiger partial charge in [-0.1, -0.05) is 11.6 Å². The maximum Gasteiger partial charge on any atom is 0.115 e. The molecule has 0 atom stereocenters. The van der Waals surface area contributed by atoms with Crippen LogP contribution >= 0.6 is 61.7 Å². The number of hydrogen-bond donors (Lipinski definition) is 0. The van der Waals surface area contributed by atoms with Crippen LogP contribution in [-0.4, -0.2) is 15.4 Å². The van der Waals surface area contributed by atoms with Crippen LogP contribution in [-0.2, 0) is 6.42 Å². The fraction of sp³-hybridized carbons (Fsp3) is 0.133. The smallest absolute Gasteiger partial charge is 0.115 e. The Morgan fingerprint density at radius 3 is 2.71 bits per heavy atom. The van der Waals surface area contributed by atoms with Gasteiger partial charge in [-0.15, -0.1) is 11.6 Å². The highest BCUT2D eigenvalue weighted by Gasteiger charge is 2.13. The van der Waals surface area contributed by atoms with Crippen molar-refractivity contribution < 1.29 is 0 Å². The molecule has 1 aromatic heterocycles. The molecule has 0 fully saturated rings. The van der Waals surface area contributed by atoms with E-state index in [1.54, 1.807) is 0 Å². The van der Waals surface area contributed by atoms with Crippen LogP contribution in [0.5, 0.6) is 0 Å². The fourth-order valence-corrected chi connectivity index (χ4v) is 3.33. The second kappa shape index (κ2) is 6.44. The summed E-state index contributed by atoms with van der Waals surface area (Å²) in [5.74, 6) is 1.48. The highest BCUT2D eigenvalue weighted by atomic mass is 127. The van der Waals surface area contributed by atoms with E-state index in [1.165, 1.54) is 0 Å². The minimum absolute atomic E-state index is 0.532. The quantitative estimate of drug-likeness (QED) is 0.330. The number of alkyl halides is 1. The SMILES string of the molecule is ClCCc1nc2cc(I)ccc2n1-c1ccc(Br)c(Cl)c1. The van der Waals surface area contributed by atoms with Gasteiger partial charge in [-0.2, -0.15) is 0 Å². The molecule has 2 aromatic carbocycles. The van der Waals surface area contributed by atoms with Gasteiger partial charge in [0.15, 0.2) is 0 Å². The lowest BCUT2D eigenvalue weighted by Gasteiger charge is -2.10. The van der Waals surface area contributed by atoms with Crippen LogP contribution < -0.4 is 0 Å². The van der Waals surface area contributed by atoms with Gasteiger partial charge < -0.3 is 0 Å². The minimum Gasteiger partial charge on any atom is -0.296 e. The Labute approximate surface area is 154 Å². The molecule has 0 unspecified atom stereocenters. The maximum absolute atomic E-state index is 6.23. The monoisotopic (exact) mass is 494 g/mol. The van der Waals surface area contributed by atoms with Crippen LogP contribution in [0.2, 0.25) is 5.02 Å². The third kappa shape index (κ3) is 3.09. The van der Waals surface area contributed by atoms with Crippen molar-refractivity contribution in [3.8, 4) is 5.69 Å². The van der Waals surface area contributed by atoms with Gasteiger partial charge in [0, 0.05) is 26.0 Å². The van der Waals surface area contributed by atoms with Gasteiger partial charge in [-0.05, 0) is 74.9 Å². The fourth-order valence-electron chi connectivity index (χ4n) is 2.27. The number of nitrogens with zero attached hydrogens (tertiary/aromatic N) is 2. The summed E-state index contributed by atoms with van der Waals surface area (Å²) in [4.78, 5) is 4.71. The highest BCUT2D eigenvalue weighted by molar-refractivity contribution is 14.1. The normalized spacial score (nSPS) is 11.2. The average Bonchev–Trinajstić information content (AvgIpc) is 2.79. The first-order valence-electron chi connectivity index (χ1n) is 6.28. The number of imidazole rings is 1. The maximum atomic E-state index is 6.23. The van der Waals surface area contributed by atoms with Crippen molar-refractivity contribution in [1.29, 1.82) is 0 Å². The molecule has 1 heterocycles. The first-order chi connectivity index (χ1) is 10.1. The molecule has 0 aliphatic carbocycles. The lowest BCUT2D eigenvalue weighted by Crippen LogP contribution is -2.02. The van der Waals surface area contributed by atoms with Crippen molar-refractivity contribution in [2.24, 2.45) is 0 Å². The summed E-state index contributed by atoms with van der Waals surface area (Å²) in [5.41, 5.74) is 3.03. The second-order valence-electron chi connectivity index (χ2n) is 4.53. The molecule has 0 amide bonds. The van der Waals surface area contributed by atoms with Gasteiger partial charge in [0.25, 0.3) is 0 Å². The van der Waals surface area contributed by atoms with E-state index < -0.39 is 0 Å². The van der Waals surface area contributed by atoms with Gasteiger partial charge in [0.2, 0.25) is 0 Å². The summed E-state index contributed by atoms with van der Waals surface area (Å²) in [6, 6.07) is 12.1. The molecule has 0 saturated carbocycles. The Kier molecular flexibility index (Phi) is 4.78. The third-order valence-corrected chi connectivity index (χ3v) is 5.26. The molecule has 0 spiro atoms. The van der Waals surface area contributed by atoms with Crippen molar-refractivity contribution in [1.82, 2.24) is 9.55 Å². The standard InChI is InChI=1S/C15H10BrCl2IN2/c16-11-3-2-10(8-12(11)18)21-14-4-1-9(19)7-13(14)20-15(21)5-6-17/h1-4,7-8H,5-6H2. The van der Waals surface area contributed by atoms with E-state index in [2.05, 4.69) is 61.3 Å². The highest BCUT2D eigenvalue weighted by Crippen LogP contribution is 2.29. The van der Waals surface area contributed by atoms with Gasteiger partial charge >= 0.3 is 0 Å². The Balaban J connectivity index is 2.27. The molecule has 108 valence electrons. The van der Waals surface area contributed by atoms with Gasteiger partial charge in [-0.3, -0.25) is 4.57 Å². The summed E-state index contributed by atoms with van der Waals surface area (Å²) in [6.45, 7) is 0. The summed E-state index contributed by atoms with van der Waals surface area (Å²) < 4.78 is 4.16. The molecule has 0 aliphatic heterocycles. The van der Waals surface area contributed by atoms with E-state index in [9.17, 15) is 0 Å². The molecule has 21 heavy (non-hydrogen) atoms. The largest absolute Gasteiger partial charge is 0.296 e. The van der Waals surface area contributed by atoms with Gasteiger partial charge in [-0.25, -0.2) is 4.98 Å². The van der Waals surface area contributed by atoms with Crippen LogP contribution in [0.25, 0.3) is 16.7 Å². The van der Waals surface area contributed by atoms with E-state index in [0.29, 0.717) is 17.3 Å². The number of aromatic nitrogens is 2. The molecule has 6 heteroatoms. The molecular formula is C15H10BrCl2IN2. The lowest BCUT2D eigenvalue weighted by atomic mass is 10.2. The van der Waals surface area contributed by atoms with Crippen LogP contribution in [0, 0.1) is 3.57 Å². The summed E-state index contributed by atoms with van der Waals surface area (Å²) in [6.07, 6.45) is 0.709. The minimum atomic E-state index is 0.532. The molecule has 0 saturated heterocycles. The number of rotatable bonds is 3. The Hall–Kier alpha value is -0.300. The predicted molar refractivity (Wildman–Crippen MR) is 101 cm³/mol. The van der Waals surface area contributed by atoms with Crippen LogP contribution in [0.4, 0.5) is 0 Å². The molecule has 0 radical (unpaired) electrons. The molecule has 0 N–H and O–H groups in total. The van der Waals surface area contributed by atoms with Crippen molar-refractivity contribution in [3.63, 3.8) is 0 Å². The van der Waals surface area contributed by atoms with E-state index in [-0.39, 0.29) is 0 Å². The molecule has 0 aliphatic rings. The molecule has 3 rings (SSSR count). The zero-order valence-electron chi connectivity index (χ0n) is 10.8. The van der Waals surface area contributed by atoms with E-state index in [4.69, 9.17) is 28.2 Å². The zero-order chi connectivity index (χ0) is 15.0. The predicted octanol–water partition coefficient (Wildman–Crippen LogP) is 5.83. The van der Waals surface area contributed by atoms with Crippen molar-refractivity contribution in [2.75, 3.05) is 5.88 Å². The molecule has 2 nitrogen and oxygen atoms in total. The third-order valence-electron chi connectivity index (χ3n) is 3.17. The Bertz CT molecular complexity index is 817. The van der Waals surface area contributed by atoms with Crippen molar-refractivity contribution in [2.45, 2.75) is 6.42 Å².